The number of esters is 1. The molecule has 0 aliphatic heterocycles. The van der Waals surface area contributed by atoms with Crippen LogP contribution in [0.4, 0.5) is 11.4 Å². The van der Waals surface area contributed by atoms with E-state index in [-0.39, 0.29) is 11.5 Å². The van der Waals surface area contributed by atoms with E-state index >= 15 is 0 Å². The molecule has 8 heteroatoms. The van der Waals surface area contributed by atoms with Crippen molar-refractivity contribution in [2.24, 2.45) is 0 Å². The van der Waals surface area contributed by atoms with Crippen molar-refractivity contribution in [2.75, 3.05) is 17.7 Å². The Balaban J connectivity index is 1.55. The lowest BCUT2D eigenvalue weighted by Gasteiger charge is -2.14. The van der Waals surface area contributed by atoms with Gasteiger partial charge in [-0.1, -0.05) is 12.1 Å². The molecule has 2 aromatic carbocycles. The summed E-state index contributed by atoms with van der Waals surface area (Å²) in [5.74, 6) is -0.720. The number of carbonyl (C=O) groups is 3. The van der Waals surface area contributed by atoms with Gasteiger partial charge in [0.05, 0.1) is 17.6 Å². The zero-order valence-corrected chi connectivity index (χ0v) is 17.2. The Morgan fingerprint density at radius 1 is 0.933 bits per heavy atom. The van der Waals surface area contributed by atoms with E-state index < -0.39 is 18.0 Å². The van der Waals surface area contributed by atoms with Gasteiger partial charge in [-0.25, -0.2) is 4.79 Å². The Morgan fingerprint density at radius 3 is 2.37 bits per heavy atom. The first kappa shape index (κ1) is 21.1. The number of rotatable bonds is 7. The van der Waals surface area contributed by atoms with Gasteiger partial charge in [-0.15, -0.1) is 11.3 Å². The number of ether oxygens (including phenoxy) is 2. The van der Waals surface area contributed by atoms with Gasteiger partial charge in [-0.2, -0.15) is 0 Å². The molecule has 1 unspecified atom stereocenters. The number of carbonyl (C=O) groups excluding carboxylic acids is 3. The van der Waals surface area contributed by atoms with E-state index in [0.717, 1.165) is 0 Å². The van der Waals surface area contributed by atoms with E-state index in [1.54, 1.807) is 48.5 Å². The van der Waals surface area contributed by atoms with Crippen LogP contribution in [-0.2, 0) is 9.53 Å². The van der Waals surface area contributed by atoms with E-state index in [0.29, 0.717) is 22.0 Å². The smallest absolute Gasteiger partial charge is 0.338 e. The molecule has 0 radical (unpaired) electrons. The number of nitrogens with one attached hydrogen (secondary N) is 2. The SMILES string of the molecule is COc1cccc(NC(=O)C(C)OC(=O)c2ccc(NC(=O)c3cccs3)cc2)c1. The van der Waals surface area contributed by atoms with Gasteiger partial charge < -0.3 is 20.1 Å². The summed E-state index contributed by atoms with van der Waals surface area (Å²) in [5.41, 5.74) is 1.35. The molecule has 0 bridgehead atoms. The molecular weight excluding hydrogens is 404 g/mol. The topological polar surface area (TPSA) is 93.7 Å². The lowest BCUT2D eigenvalue weighted by molar-refractivity contribution is -0.123. The van der Waals surface area contributed by atoms with Crippen LogP contribution in [0.25, 0.3) is 0 Å². The molecule has 154 valence electrons. The molecule has 1 aromatic heterocycles. The molecule has 0 saturated carbocycles. The number of thiophene rings is 1. The Bertz CT molecular complexity index is 1030. The molecule has 3 rings (SSSR count). The summed E-state index contributed by atoms with van der Waals surface area (Å²) >= 11 is 1.34. The van der Waals surface area contributed by atoms with E-state index in [1.807, 2.05) is 5.38 Å². The zero-order chi connectivity index (χ0) is 21.5. The Labute approximate surface area is 177 Å². The Morgan fingerprint density at radius 2 is 1.70 bits per heavy atom. The van der Waals surface area contributed by atoms with Gasteiger partial charge in [0.2, 0.25) is 0 Å². The molecule has 0 aliphatic carbocycles. The molecule has 7 nitrogen and oxygen atoms in total. The Kier molecular flexibility index (Phi) is 6.82. The normalized spacial score (nSPS) is 11.3. The van der Waals surface area contributed by atoms with Crippen LogP contribution in [-0.4, -0.2) is 31.0 Å². The predicted molar refractivity (Wildman–Crippen MR) is 115 cm³/mol. The molecule has 0 fully saturated rings. The lowest BCUT2D eigenvalue weighted by Crippen LogP contribution is -2.30. The Hall–Kier alpha value is -3.65. The molecule has 30 heavy (non-hydrogen) atoms. The molecule has 3 aromatic rings. The minimum atomic E-state index is -0.998. The quantitative estimate of drug-likeness (QED) is 0.555. The largest absolute Gasteiger partial charge is 0.497 e. The van der Waals surface area contributed by atoms with Crippen LogP contribution in [0.15, 0.2) is 66.0 Å². The number of benzene rings is 2. The minimum Gasteiger partial charge on any atom is -0.497 e. The van der Waals surface area contributed by atoms with Crippen molar-refractivity contribution in [3.63, 3.8) is 0 Å². The molecule has 0 spiro atoms. The van der Waals surface area contributed by atoms with Gasteiger partial charge in [-0.05, 0) is 54.8 Å². The van der Waals surface area contributed by atoms with E-state index in [4.69, 9.17) is 9.47 Å². The van der Waals surface area contributed by atoms with Crippen molar-refractivity contribution in [1.82, 2.24) is 0 Å². The first-order valence-corrected chi connectivity index (χ1v) is 9.95. The summed E-state index contributed by atoms with van der Waals surface area (Å²) in [6.07, 6.45) is -0.998. The summed E-state index contributed by atoms with van der Waals surface area (Å²) in [4.78, 5) is 37.3. The summed E-state index contributed by atoms with van der Waals surface area (Å²) < 4.78 is 10.4. The maximum Gasteiger partial charge on any atom is 0.338 e. The second-order valence-corrected chi connectivity index (χ2v) is 7.23. The summed E-state index contributed by atoms with van der Waals surface area (Å²) in [6, 6.07) is 16.6. The molecule has 0 saturated heterocycles. The minimum absolute atomic E-state index is 0.219. The number of hydrogen-bond acceptors (Lipinski definition) is 6. The van der Waals surface area contributed by atoms with Gasteiger partial charge in [0, 0.05) is 17.4 Å². The molecule has 1 heterocycles. The highest BCUT2D eigenvalue weighted by Gasteiger charge is 2.19. The average Bonchev–Trinajstić information content (AvgIpc) is 3.29. The van der Waals surface area contributed by atoms with E-state index in [9.17, 15) is 14.4 Å². The van der Waals surface area contributed by atoms with Crippen molar-refractivity contribution >= 4 is 40.5 Å². The van der Waals surface area contributed by atoms with Gasteiger partial charge in [0.1, 0.15) is 5.75 Å². The fraction of sp³-hybridized carbons (Fsp3) is 0.136. The third-order valence-corrected chi connectivity index (χ3v) is 4.98. The molecule has 1 atom stereocenters. The highest BCUT2D eigenvalue weighted by molar-refractivity contribution is 7.12. The van der Waals surface area contributed by atoms with Crippen LogP contribution in [0, 0.1) is 0 Å². The van der Waals surface area contributed by atoms with Gasteiger partial charge >= 0.3 is 5.97 Å². The summed E-state index contributed by atoms with van der Waals surface area (Å²) in [6.45, 7) is 1.49. The average molecular weight is 424 g/mol. The van der Waals surface area contributed by atoms with Crippen molar-refractivity contribution < 1.29 is 23.9 Å². The van der Waals surface area contributed by atoms with Crippen LogP contribution < -0.4 is 15.4 Å². The van der Waals surface area contributed by atoms with Gasteiger partial charge in [0.15, 0.2) is 6.10 Å². The van der Waals surface area contributed by atoms with E-state index in [2.05, 4.69) is 10.6 Å². The fourth-order valence-electron chi connectivity index (χ4n) is 2.52. The van der Waals surface area contributed by atoms with Crippen molar-refractivity contribution in [3.8, 4) is 5.75 Å². The third kappa shape index (κ3) is 5.45. The highest BCUT2D eigenvalue weighted by Crippen LogP contribution is 2.18. The van der Waals surface area contributed by atoms with Crippen LogP contribution in [0.2, 0.25) is 0 Å². The summed E-state index contributed by atoms with van der Waals surface area (Å²) in [7, 11) is 1.53. The van der Waals surface area contributed by atoms with Crippen LogP contribution >= 0.6 is 11.3 Å². The maximum absolute atomic E-state index is 12.3. The highest BCUT2D eigenvalue weighted by atomic mass is 32.1. The first-order chi connectivity index (χ1) is 14.5. The van der Waals surface area contributed by atoms with Crippen molar-refractivity contribution in [1.29, 1.82) is 0 Å². The molecule has 0 aliphatic rings. The van der Waals surface area contributed by atoms with Crippen LogP contribution in [0.1, 0.15) is 27.0 Å². The second-order valence-electron chi connectivity index (χ2n) is 6.28. The van der Waals surface area contributed by atoms with Gasteiger partial charge in [-0.3, -0.25) is 9.59 Å². The summed E-state index contributed by atoms with van der Waals surface area (Å²) in [5, 5.41) is 7.24. The number of anilines is 2. The van der Waals surface area contributed by atoms with Gasteiger partial charge in [0.25, 0.3) is 11.8 Å². The monoisotopic (exact) mass is 424 g/mol. The number of amides is 2. The van der Waals surface area contributed by atoms with Crippen molar-refractivity contribution in [3.05, 3.63) is 76.5 Å². The molecule has 2 amide bonds. The first-order valence-electron chi connectivity index (χ1n) is 9.07. The lowest BCUT2D eigenvalue weighted by atomic mass is 10.2. The maximum atomic E-state index is 12.3. The standard InChI is InChI=1S/C22H20N2O5S/c1-14(20(25)24-17-5-3-6-18(13-17)28-2)29-22(27)15-8-10-16(11-9-15)23-21(26)19-7-4-12-30-19/h3-14H,1-2H3,(H,23,26)(H,24,25). The number of methoxy groups -OCH3 is 1. The fourth-order valence-corrected chi connectivity index (χ4v) is 3.14. The molecule has 2 N–H and O–H groups in total. The zero-order valence-electron chi connectivity index (χ0n) is 16.4. The number of hydrogen-bond donors (Lipinski definition) is 2. The second kappa shape index (κ2) is 9.71. The molecular formula is C22H20N2O5S. The van der Waals surface area contributed by atoms with Crippen molar-refractivity contribution in [2.45, 2.75) is 13.0 Å². The predicted octanol–water partition coefficient (Wildman–Crippen LogP) is 4.19. The third-order valence-electron chi connectivity index (χ3n) is 4.11. The van der Waals surface area contributed by atoms with E-state index in [1.165, 1.54) is 37.5 Å². The van der Waals surface area contributed by atoms with Crippen LogP contribution in [0.5, 0.6) is 5.75 Å². The van der Waals surface area contributed by atoms with Crippen LogP contribution in [0.3, 0.4) is 0 Å².